The Balaban J connectivity index is 1.58. The maximum Gasteiger partial charge on any atom is 0.263 e. The van der Waals surface area contributed by atoms with E-state index in [1.54, 1.807) is 18.5 Å². The molecular formula is C19H12N2O4S2. The predicted octanol–water partition coefficient (Wildman–Crippen LogP) is 3.85. The van der Waals surface area contributed by atoms with Crippen LogP contribution in [0.4, 0.5) is 0 Å². The number of amides is 1. The Morgan fingerprint density at radius 3 is 3.04 bits per heavy atom. The normalized spacial score (nSPS) is 17.9. The van der Waals surface area contributed by atoms with E-state index >= 15 is 0 Å². The van der Waals surface area contributed by atoms with Gasteiger partial charge in [-0.25, -0.2) is 0 Å². The van der Waals surface area contributed by atoms with Gasteiger partial charge in [0.15, 0.2) is 6.79 Å². The molecule has 2 aliphatic heterocycles. The molecule has 0 radical (unpaired) electrons. The quantitative estimate of drug-likeness (QED) is 0.521. The summed E-state index contributed by atoms with van der Waals surface area (Å²) in [6.07, 6.45) is 5.19. The van der Waals surface area contributed by atoms with Crippen molar-refractivity contribution in [1.82, 2.24) is 10.3 Å². The van der Waals surface area contributed by atoms with E-state index in [-0.39, 0.29) is 12.7 Å². The highest BCUT2D eigenvalue weighted by molar-refractivity contribution is 8.26. The molecule has 1 amide bonds. The van der Waals surface area contributed by atoms with Gasteiger partial charge in [0.1, 0.15) is 21.4 Å². The Morgan fingerprint density at radius 2 is 2.19 bits per heavy atom. The first-order valence-electron chi connectivity index (χ1n) is 8.13. The van der Waals surface area contributed by atoms with Crippen LogP contribution in [-0.2, 0) is 16.1 Å². The summed E-state index contributed by atoms with van der Waals surface area (Å²) in [4.78, 5) is 16.7. The number of hydrogen-bond donors (Lipinski definition) is 1. The SMILES string of the molecule is O=C1NC(=S)S/C1=C\c1cc2cncc(-c3ccc4c(c3)COCO4)c2o1. The van der Waals surface area contributed by atoms with Gasteiger partial charge in [-0.1, -0.05) is 30.0 Å². The van der Waals surface area contributed by atoms with Crippen LogP contribution in [0.3, 0.4) is 0 Å². The molecular weight excluding hydrogens is 384 g/mol. The number of benzene rings is 1. The van der Waals surface area contributed by atoms with E-state index in [0.29, 0.717) is 27.2 Å². The van der Waals surface area contributed by atoms with Crippen LogP contribution in [0, 0.1) is 0 Å². The highest BCUT2D eigenvalue weighted by atomic mass is 32.2. The molecule has 1 saturated heterocycles. The molecule has 5 rings (SSSR count). The number of aromatic nitrogens is 1. The zero-order valence-corrected chi connectivity index (χ0v) is 15.5. The summed E-state index contributed by atoms with van der Waals surface area (Å²) in [7, 11) is 0. The summed E-state index contributed by atoms with van der Waals surface area (Å²) >= 11 is 6.24. The molecule has 0 atom stereocenters. The highest BCUT2D eigenvalue weighted by Crippen LogP contribution is 2.35. The van der Waals surface area contributed by atoms with Gasteiger partial charge in [-0.05, 0) is 23.8 Å². The summed E-state index contributed by atoms with van der Waals surface area (Å²) in [6.45, 7) is 0.781. The van der Waals surface area contributed by atoms with Gasteiger partial charge >= 0.3 is 0 Å². The van der Waals surface area contributed by atoms with Crippen LogP contribution in [0.5, 0.6) is 5.75 Å². The van der Waals surface area contributed by atoms with Crippen LogP contribution in [0.1, 0.15) is 11.3 Å². The molecule has 0 aliphatic carbocycles. The minimum atomic E-state index is -0.210. The molecule has 0 saturated carbocycles. The summed E-state index contributed by atoms with van der Waals surface area (Å²) in [5, 5.41) is 3.45. The number of furan rings is 1. The Morgan fingerprint density at radius 1 is 1.26 bits per heavy atom. The zero-order chi connectivity index (χ0) is 18.4. The van der Waals surface area contributed by atoms with Crippen LogP contribution in [-0.4, -0.2) is 22.0 Å². The van der Waals surface area contributed by atoms with E-state index < -0.39 is 0 Å². The molecule has 2 aliphatic rings. The Hall–Kier alpha value is -2.68. The monoisotopic (exact) mass is 396 g/mol. The summed E-state index contributed by atoms with van der Waals surface area (Å²) in [5.74, 6) is 1.19. The third-order valence-corrected chi connectivity index (χ3v) is 5.45. The van der Waals surface area contributed by atoms with Crippen molar-refractivity contribution in [3.63, 3.8) is 0 Å². The summed E-state index contributed by atoms with van der Waals surface area (Å²) in [5.41, 5.74) is 3.52. The van der Waals surface area contributed by atoms with E-state index in [0.717, 1.165) is 27.8 Å². The van der Waals surface area contributed by atoms with Crippen molar-refractivity contribution < 1.29 is 18.7 Å². The summed E-state index contributed by atoms with van der Waals surface area (Å²) < 4.78 is 17.3. The average molecular weight is 396 g/mol. The van der Waals surface area contributed by atoms with Crippen molar-refractivity contribution in [3.8, 4) is 16.9 Å². The smallest absolute Gasteiger partial charge is 0.263 e. The Kier molecular flexibility index (Phi) is 3.96. The van der Waals surface area contributed by atoms with Gasteiger partial charge in [-0.3, -0.25) is 9.78 Å². The van der Waals surface area contributed by atoms with Crippen molar-refractivity contribution in [2.24, 2.45) is 0 Å². The van der Waals surface area contributed by atoms with Crippen molar-refractivity contribution in [2.75, 3.05) is 6.79 Å². The maximum atomic E-state index is 11.9. The van der Waals surface area contributed by atoms with Crippen LogP contribution in [0.25, 0.3) is 28.2 Å². The second kappa shape index (κ2) is 6.49. The molecule has 0 unspecified atom stereocenters. The maximum absolute atomic E-state index is 11.9. The number of carbonyl (C=O) groups is 1. The van der Waals surface area contributed by atoms with E-state index in [1.165, 1.54) is 11.8 Å². The fourth-order valence-electron chi connectivity index (χ4n) is 3.07. The second-order valence-electron chi connectivity index (χ2n) is 6.04. The first kappa shape index (κ1) is 16.5. The van der Waals surface area contributed by atoms with Gasteiger partial charge in [0.2, 0.25) is 0 Å². The van der Waals surface area contributed by atoms with Crippen molar-refractivity contribution >= 4 is 51.3 Å². The molecule has 27 heavy (non-hydrogen) atoms. The van der Waals surface area contributed by atoms with Gasteiger partial charge < -0.3 is 19.2 Å². The lowest BCUT2D eigenvalue weighted by Crippen LogP contribution is -2.17. The number of fused-ring (bicyclic) bond motifs is 2. The van der Waals surface area contributed by atoms with Gasteiger partial charge in [0.25, 0.3) is 5.91 Å². The molecule has 3 aromatic rings. The second-order valence-corrected chi connectivity index (χ2v) is 7.76. The van der Waals surface area contributed by atoms with Crippen molar-refractivity contribution in [2.45, 2.75) is 6.61 Å². The van der Waals surface area contributed by atoms with E-state index in [4.69, 9.17) is 26.1 Å². The molecule has 1 fully saturated rings. The average Bonchev–Trinajstić information content (AvgIpc) is 3.23. The Bertz CT molecular complexity index is 1140. The number of hydrogen-bond acceptors (Lipinski definition) is 7. The minimum Gasteiger partial charge on any atom is -0.467 e. The first-order chi connectivity index (χ1) is 13.2. The van der Waals surface area contributed by atoms with Gasteiger partial charge in [0, 0.05) is 35.0 Å². The lowest BCUT2D eigenvalue weighted by atomic mass is 10.0. The fraction of sp³-hybridized carbons (Fsp3) is 0.105. The standard InChI is InChI=1S/C19H12N2O4S2/c22-18-16(27-19(26)21-18)5-13-4-11-6-20-7-14(17(11)25-13)10-1-2-15-12(3-10)8-23-9-24-15/h1-7H,8-9H2,(H,21,22,26)/b16-5-. The number of nitrogens with one attached hydrogen (secondary N) is 1. The molecule has 6 nitrogen and oxygen atoms in total. The van der Waals surface area contributed by atoms with E-state index in [9.17, 15) is 4.79 Å². The van der Waals surface area contributed by atoms with Crippen molar-refractivity contribution in [1.29, 1.82) is 0 Å². The lowest BCUT2D eigenvalue weighted by Gasteiger charge is -2.18. The first-order valence-corrected chi connectivity index (χ1v) is 9.36. The number of thiocarbonyl (C=S) groups is 1. The van der Waals surface area contributed by atoms with Crippen molar-refractivity contribution in [3.05, 3.63) is 52.9 Å². The molecule has 8 heteroatoms. The van der Waals surface area contributed by atoms with E-state index in [2.05, 4.69) is 10.3 Å². The van der Waals surface area contributed by atoms with Crippen LogP contribution in [0.2, 0.25) is 0 Å². The van der Waals surface area contributed by atoms with Gasteiger partial charge in [-0.15, -0.1) is 0 Å². The third kappa shape index (κ3) is 3.01. The number of ether oxygens (including phenoxy) is 2. The predicted molar refractivity (Wildman–Crippen MR) is 106 cm³/mol. The molecule has 0 bridgehead atoms. The van der Waals surface area contributed by atoms with Gasteiger partial charge in [0.05, 0.1) is 11.5 Å². The number of thioether (sulfide) groups is 1. The van der Waals surface area contributed by atoms with Crippen LogP contribution < -0.4 is 10.1 Å². The number of rotatable bonds is 2. The molecule has 2 aromatic heterocycles. The topological polar surface area (TPSA) is 73.6 Å². The molecule has 1 aromatic carbocycles. The fourth-order valence-corrected chi connectivity index (χ4v) is 4.09. The van der Waals surface area contributed by atoms with Crippen LogP contribution in [0.15, 0.2) is 46.0 Å². The number of carbonyl (C=O) groups excluding carboxylic acids is 1. The summed E-state index contributed by atoms with van der Waals surface area (Å²) in [6, 6.07) is 7.78. The lowest BCUT2D eigenvalue weighted by molar-refractivity contribution is -0.115. The third-order valence-electron chi connectivity index (χ3n) is 4.28. The van der Waals surface area contributed by atoms with Gasteiger partial charge in [-0.2, -0.15) is 0 Å². The highest BCUT2D eigenvalue weighted by Gasteiger charge is 2.23. The minimum absolute atomic E-state index is 0.210. The zero-order valence-electron chi connectivity index (χ0n) is 13.9. The van der Waals surface area contributed by atoms with E-state index in [1.807, 2.05) is 24.3 Å². The number of nitrogens with zero attached hydrogens (tertiary/aromatic N) is 1. The Labute approximate surface area is 163 Å². The van der Waals surface area contributed by atoms with Crippen LogP contribution >= 0.6 is 24.0 Å². The largest absolute Gasteiger partial charge is 0.467 e. The number of pyridine rings is 1. The molecule has 0 spiro atoms. The molecule has 134 valence electrons. The molecule has 4 heterocycles. The molecule has 1 N–H and O–H groups in total.